The van der Waals surface area contributed by atoms with Crippen molar-refractivity contribution in [3.63, 3.8) is 0 Å². The molecule has 0 saturated carbocycles. The van der Waals surface area contributed by atoms with Gasteiger partial charge in [0.2, 0.25) is 10.0 Å². The van der Waals surface area contributed by atoms with E-state index in [1.54, 1.807) is 30.4 Å². The van der Waals surface area contributed by atoms with Crippen molar-refractivity contribution < 1.29 is 8.42 Å². The molecule has 4 nitrogen and oxygen atoms in total. The molecule has 0 radical (unpaired) electrons. The van der Waals surface area contributed by atoms with E-state index < -0.39 is 10.0 Å². The SMILES string of the molecule is C=CCN(CC=C)S(=O)(=O)c1ccc(CN)cc1Br. The number of nitrogens with zero attached hydrogens (tertiary/aromatic N) is 1. The Morgan fingerprint density at radius 3 is 2.26 bits per heavy atom. The Kier molecular flexibility index (Phi) is 5.93. The number of sulfonamides is 1. The molecule has 19 heavy (non-hydrogen) atoms. The smallest absolute Gasteiger partial charge is 0.244 e. The highest BCUT2D eigenvalue weighted by Crippen LogP contribution is 2.26. The number of benzene rings is 1. The number of rotatable bonds is 7. The maximum Gasteiger partial charge on any atom is 0.244 e. The molecule has 0 bridgehead atoms. The third-order valence-corrected chi connectivity index (χ3v) is 5.32. The molecule has 1 aromatic rings. The summed E-state index contributed by atoms with van der Waals surface area (Å²) in [6, 6.07) is 4.98. The van der Waals surface area contributed by atoms with Gasteiger partial charge in [0, 0.05) is 24.1 Å². The predicted molar refractivity (Wildman–Crippen MR) is 81.2 cm³/mol. The zero-order valence-corrected chi connectivity index (χ0v) is 13.0. The predicted octanol–water partition coefficient (Wildman–Crippen LogP) is 2.27. The van der Waals surface area contributed by atoms with Gasteiger partial charge in [-0.2, -0.15) is 4.31 Å². The lowest BCUT2D eigenvalue weighted by atomic mass is 10.2. The summed E-state index contributed by atoms with van der Waals surface area (Å²) >= 11 is 3.28. The quantitative estimate of drug-likeness (QED) is 0.771. The largest absolute Gasteiger partial charge is 0.326 e. The van der Waals surface area contributed by atoms with Crippen LogP contribution in [0.2, 0.25) is 0 Å². The Balaban J connectivity index is 3.24. The first kappa shape index (κ1) is 16.1. The van der Waals surface area contributed by atoms with Crippen molar-refractivity contribution >= 4 is 26.0 Å². The summed E-state index contributed by atoms with van der Waals surface area (Å²) < 4.78 is 26.8. The molecule has 1 aromatic carbocycles. The number of hydrogen-bond donors (Lipinski definition) is 1. The molecule has 0 fully saturated rings. The van der Waals surface area contributed by atoms with Gasteiger partial charge < -0.3 is 5.73 Å². The van der Waals surface area contributed by atoms with Crippen LogP contribution in [-0.4, -0.2) is 25.8 Å². The Hall–Kier alpha value is -0.950. The van der Waals surface area contributed by atoms with Crippen LogP contribution in [-0.2, 0) is 16.6 Å². The Morgan fingerprint density at radius 1 is 1.26 bits per heavy atom. The molecule has 0 atom stereocenters. The molecule has 2 N–H and O–H groups in total. The summed E-state index contributed by atoms with van der Waals surface area (Å²) in [6.07, 6.45) is 3.09. The van der Waals surface area contributed by atoms with Gasteiger partial charge in [0.1, 0.15) is 0 Å². The number of hydrogen-bond acceptors (Lipinski definition) is 3. The fourth-order valence-corrected chi connectivity index (χ4v) is 4.05. The van der Waals surface area contributed by atoms with Crippen molar-refractivity contribution in [2.75, 3.05) is 13.1 Å². The van der Waals surface area contributed by atoms with E-state index in [1.165, 1.54) is 4.31 Å². The first-order valence-electron chi connectivity index (χ1n) is 5.67. The van der Waals surface area contributed by atoms with Crippen LogP contribution < -0.4 is 5.73 Å². The first-order chi connectivity index (χ1) is 8.97. The number of halogens is 1. The summed E-state index contributed by atoms with van der Waals surface area (Å²) in [5, 5.41) is 0. The van der Waals surface area contributed by atoms with Crippen LogP contribution in [0.15, 0.2) is 52.9 Å². The summed E-state index contributed by atoms with van der Waals surface area (Å²) in [5.74, 6) is 0. The minimum Gasteiger partial charge on any atom is -0.326 e. The second kappa shape index (κ2) is 7.00. The molecule has 0 amide bonds. The van der Waals surface area contributed by atoms with E-state index in [2.05, 4.69) is 29.1 Å². The molecule has 0 aliphatic rings. The molecule has 0 aromatic heterocycles. The summed E-state index contributed by atoms with van der Waals surface area (Å²) in [6.45, 7) is 7.98. The molecule has 0 aliphatic carbocycles. The van der Waals surface area contributed by atoms with Crippen LogP contribution >= 0.6 is 15.9 Å². The van der Waals surface area contributed by atoms with Crippen molar-refractivity contribution in [1.82, 2.24) is 4.31 Å². The molecule has 6 heteroatoms. The molecule has 0 heterocycles. The highest BCUT2D eigenvalue weighted by atomic mass is 79.9. The second-order valence-electron chi connectivity index (χ2n) is 3.87. The van der Waals surface area contributed by atoms with Crippen LogP contribution in [0.3, 0.4) is 0 Å². The summed E-state index contributed by atoms with van der Waals surface area (Å²) in [4.78, 5) is 0.216. The summed E-state index contributed by atoms with van der Waals surface area (Å²) in [7, 11) is -3.58. The lowest BCUT2D eigenvalue weighted by Crippen LogP contribution is -2.31. The normalized spacial score (nSPS) is 11.5. The maximum absolute atomic E-state index is 12.5. The topological polar surface area (TPSA) is 63.4 Å². The van der Waals surface area contributed by atoms with E-state index in [0.717, 1.165) is 5.56 Å². The van der Waals surface area contributed by atoms with Gasteiger partial charge in [-0.15, -0.1) is 13.2 Å². The molecule has 104 valence electrons. The molecule has 0 spiro atoms. The van der Waals surface area contributed by atoms with Crippen LogP contribution in [0.1, 0.15) is 5.56 Å². The minimum absolute atomic E-state index is 0.216. The van der Waals surface area contributed by atoms with E-state index in [-0.39, 0.29) is 18.0 Å². The average molecular weight is 345 g/mol. The van der Waals surface area contributed by atoms with Crippen LogP contribution in [0.4, 0.5) is 0 Å². The van der Waals surface area contributed by atoms with Crippen molar-refractivity contribution in [2.45, 2.75) is 11.4 Å². The average Bonchev–Trinajstić information content (AvgIpc) is 2.38. The monoisotopic (exact) mass is 344 g/mol. The maximum atomic E-state index is 12.5. The molecular formula is C13H17BrN2O2S. The zero-order valence-electron chi connectivity index (χ0n) is 10.5. The van der Waals surface area contributed by atoms with E-state index in [4.69, 9.17) is 5.73 Å². The molecular weight excluding hydrogens is 328 g/mol. The van der Waals surface area contributed by atoms with Gasteiger partial charge in [-0.3, -0.25) is 0 Å². The highest BCUT2D eigenvalue weighted by molar-refractivity contribution is 9.10. The van der Waals surface area contributed by atoms with Gasteiger partial charge >= 0.3 is 0 Å². The summed E-state index contributed by atoms with van der Waals surface area (Å²) in [5.41, 5.74) is 6.39. The first-order valence-corrected chi connectivity index (χ1v) is 7.91. The minimum atomic E-state index is -3.58. The molecule has 0 saturated heterocycles. The van der Waals surface area contributed by atoms with Gasteiger partial charge in [0.05, 0.1) is 4.90 Å². The van der Waals surface area contributed by atoms with Gasteiger partial charge in [-0.1, -0.05) is 18.2 Å². The van der Waals surface area contributed by atoms with Crippen molar-refractivity contribution in [3.05, 3.63) is 53.5 Å². The Morgan fingerprint density at radius 2 is 1.84 bits per heavy atom. The Bertz CT molecular complexity index is 560. The van der Waals surface area contributed by atoms with Crippen molar-refractivity contribution in [1.29, 1.82) is 0 Å². The van der Waals surface area contributed by atoms with Gasteiger partial charge in [0.25, 0.3) is 0 Å². The fraction of sp³-hybridized carbons (Fsp3) is 0.231. The van der Waals surface area contributed by atoms with Gasteiger partial charge in [-0.05, 0) is 33.6 Å². The van der Waals surface area contributed by atoms with Crippen molar-refractivity contribution in [3.8, 4) is 0 Å². The van der Waals surface area contributed by atoms with Crippen LogP contribution in [0.5, 0.6) is 0 Å². The van der Waals surface area contributed by atoms with Crippen LogP contribution in [0, 0.1) is 0 Å². The van der Waals surface area contributed by atoms with Gasteiger partial charge in [-0.25, -0.2) is 8.42 Å². The molecule has 0 unspecified atom stereocenters. The zero-order chi connectivity index (χ0) is 14.5. The third-order valence-electron chi connectivity index (χ3n) is 2.52. The molecule has 0 aliphatic heterocycles. The fourth-order valence-electron chi connectivity index (χ4n) is 1.58. The van der Waals surface area contributed by atoms with E-state index >= 15 is 0 Å². The lowest BCUT2D eigenvalue weighted by Gasteiger charge is -2.20. The number of nitrogens with two attached hydrogens (primary N) is 1. The second-order valence-corrected chi connectivity index (χ2v) is 6.63. The highest BCUT2D eigenvalue weighted by Gasteiger charge is 2.24. The van der Waals surface area contributed by atoms with E-state index in [9.17, 15) is 8.42 Å². The third kappa shape index (κ3) is 3.76. The van der Waals surface area contributed by atoms with E-state index in [1.807, 2.05) is 0 Å². The lowest BCUT2D eigenvalue weighted by molar-refractivity contribution is 0.474. The molecule has 1 rings (SSSR count). The van der Waals surface area contributed by atoms with Crippen LogP contribution in [0.25, 0.3) is 0 Å². The van der Waals surface area contributed by atoms with Gasteiger partial charge in [0.15, 0.2) is 0 Å². The van der Waals surface area contributed by atoms with E-state index in [0.29, 0.717) is 11.0 Å². The standard InChI is InChI=1S/C13H17BrN2O2S/c1-3-7-16(8-4-2)19(17,18)13-6-5-11(10-15)9-12(13)14/h3-6,9H,1-2,7-8,10,15H2. The Labute approximate surface area is 122 Å². The van der Waals surface area contributed by atoms with Crippen molar-refractivity contribution in [2.24, 2.45) is 5.73 Å².